The number of hydrogen-bond donors (Lipinski definition) is 2. The summed E-state index contributed by atoms with van der Waals surface area (Å²) in [5.74, 6) is -0.0781. The lowest BCUT2D eigenvalue weighted by Gasteiger charge is -2.27. The zero-order valence-electron chi connectivity index (χ0n) is 12.2. The van der Waals surface area contributed by atoms with Gasteiger partial charge < -0.3 is 10.4 Å². The quantitative estimate of drug-likeness (QED) is 0.838. The highest BCUT2D eigenvalue weighted by Gasteiger charge is 2.25. The molecule has 1 aromatic rings. The molecule has 0 bridgehead atoms. The van der Waals surface area contributed by atoms with Crippen molar-refractivity contribution >= 4 is 5.97 Å². The first-order chi connectivity index (χ1) is 9.65. The fraction of sp³-hybridized carbons (Fsp3) is 0.588. The van der Waals surface area contributed by atoms with Gasteiger partial charge in [-0.2, -0.15) is 0 Å². The summed E-state index contributed by atoms with van der Waals surface area (Å²) in [5, 5.41) is 12.6. The molecule has 3 heteroatoms. The van der Waals surface area contributed by atoms with Crippen molar-refractivity contribution in [1.29, 1.82) is 0 Å². The number of carboxylic acids is 1. The van der Waals surface area contributed by atoms with Crippen molar-refractivity contribution in [3.63, 3.8) is 0 Å². The highest BCUT2D eigenvalue weighted by atomic mass is 16.4. The lowest BCUT2D eigenvalue weighted by Crippen LogP contribution is -2.34. The Morgan fingerprint density at radius 3 is 2.50 bits per heavy atom. The number of nitrogens with one attached hydrogen (secondary N) is 1. The molecular formula is C17H25NO2. The van der Waals surface area contributed by atoms with Crippen LogP contribution in [0.1, 0.15) is 38.2 Å². The van der Waals surface area contributed by atoms with E-state index in [-0.39, 0.29) is 5.92 Å². The molecule has 2 rings (SSSR count). The highest BCUT2D eigenvalue weighted by Crippen LogP contribution is 2.28. The van der Waals surface area contributed by atoms with Gasteiger partial charge in [0, 0.05) is 6.04 Å². The summed E-state index contributed by atoms with van der Waals surface area (Å²) in [6, 6.07) is 11.0. The van der Waals surface area contributed by atoms with E-state index in [0.717, 1.165) is 38.6 Å². The van der Waals surface area contributed by atoms with Gasteiger partial charge in [-0.1, -0.05) is 30.3 Å². The van der Waals surface area contributed by atoms with Crippen molar-refractivity contribution in [2.24, 2.45) is 11.8 Å². The topological polar surface area (TPSA) is 49.3 Å². The maximum absolute atomic E-state index is 10.9. The number of aliphatic carboxylic acids is 1. The lowest BCUT2D eigenvalue weighted by atomic mass is 9.82. The summed E-state index contributed by atoms with van der Waals surface area (Å²) < 4.78 is 0. The van der Waals surface area contributed by atoms with E-state index in [9.17, 15) is 4.79 Å². The normalized spacial score (nSPS) is 24.2. The number of hydrogen-bond acceptors (Lipinski definition) is 2. The van der Waals surface area contributed by atoms with Crippen LogP contribution >= 0.6 is 0 Å². The Morgan fingerprint density at radius 1 is 1.25 bits per heavy atom. The van der Waals surface area contributed by atoms with Gasteiger partial charge in [-0.15, -0.1) is 0 Å². The summed E-state index contributed by atoms with van der Waals surface area (Å²) in [6.07, 6.45) is 4.82. The average Bonchev–Trinajstić information content (AvgIpc) is 2.46. The minimum Gasteiger partial charge on any atom is -0.481 e. The molecule has 1 unspecified atom stereocenters. The largest absolute Gasteiger partial charge is 0.481 e. The fourth-order valence-electron chi connectivity index (χ4n) is 3.02. The van der Waals surface area contributed by atoms with E-state index < -0.39 is 5.97 Å². The van der Waals surface area contributed by atoms with Crippen molar-refractivity contribution in [1.82, 2.24) is 5.32 Å². The Labute approximate surface area is 121 Å². The van der Waals surface area contributed by atoms with E-state index in [1.54, 1.807) is 0 Å². The van der Waals surface area contributed by atoms with Gasteiger partial charge in [0.25, 0.3) is 0 Å². The SMILES string of the molecule is CC(Cc1ccccc1)NCC1CCC(C(=O)O)CC1. The van der Waals surface area contributed by atoms with Crippen LogP contribution in [0.15, 0.2) is 30.3 Å². The Balaban J connectivity index is 1.67. The smallest absolute Gasteiger partial charge is 0.306 e. The standard InChI is InChI=1S/C17H25NO2/c1-13(11-14-5-3-2-4-6-14)18-12-15-7-9-16(10-8-15)17(19)20/h2-6,13,15-16,18H,7-12H2,1H3,(H,19,20). The molecule has 1 saturated carbocycles. The van der Waals surface area contributed by atoms with E-state index in [1.807, 2.05) is 6.07 Å². The maximum Gasteiger partial charge on any atom is 0.306 e. The maximum atomic E-state index is 10.9. The van der Waals surface area contributed by atoms with Gasteiger partial charge in [-0.25, -0.2) is 0 Å². The molecule has 110 valence electrons. The van der Waals surface area contributed by atoms with Crippen LogP contribution in [0, 0.1) is 11.8 Å². The van der Waals surface area contributed by atoms with Crippen molar-refractivity contribution < 1.29 is 9.90 Å². The molecule has 1 aromatic carbocycles. The first kappa shape index (κ1) is 15.0. The Kier molecular flexibility index (Phi) is 5.60. The van der Waals surface area contributed by atoms with Crippen LogP contribution in [-0.2, 0) is 11.2 Å². The first-order valence-electron chi connectivity index (χ1n) is 7.65. The molecule has 1 aliphatic rings. The van der Waals surface area contributed by atoms with Crippen LogP contribution < -0.4 is 5.32 Å². The van der Waals surface area contributed by atoms with Gasteiger partial charge in [-0.3, -0.25) is 4.79 Å². The summed E-state index contributed by atoms with van der Waals surface area (Å²) in [6.45, 7) is 3.23. The highest BCUT2D eigenvalue weighted by molar-refractivity contribution is 5.69. The summed E-state index contributed by atoms with van der Waals surface area (Å²) in [7, 11) is 0. The van der Waals surface area contributed by atoms with E-state index >= 15 is 0 Å². The minimum absolute atomic E-state index is 0.104. The zero-order chi connectivity index (χ0) is 14.4. The van der Waals surface area contributed by atoms with Crippen molar-refractivity contribution in [3.05, 3.63) is 35.9 Å². The van der Waals surface area contributed by atoms with Gasteiger partial charge >= 0.3 is 5.97 Å². The van der Waals surface area contributed by atoms with Crippen molar-refractivity contribution in [3.8, 4) is 0 Å². The molecule has 1 atom stereocenters. The van der Waals surface area contributed by atoms with Crippen LogP contribution in [0.25, 0.3) is 0 Å². The van der Waals surface area contributed by atoms with Crippen LogP contribution in [0.3, 0.4) is 0 Å². The Hall–Kier alpha value is -1.35. The van der Waals surface area contributed by atoms with Gasteiger partial charge in [0.15, 0.2) is 0 Å². The van der Waals surface area contributed by atoms with Gasteiger partial charge in [0.05, 0.1) is 5.92 Å². The van der Waals surface area contributed by atoms with Gasteiger partial charge in [0.2, 0.25) is 0 Å². The van der Waals surface area contributed by atoms with Gasteiger partial charge in [0.1, 0.15) is 0 Å². The molecule has 0 amide bonds. The third-order valence-electron chi connectivity index (χ3n) is 4.34. The zero-order valence-corrected chi connectivity index (χ0v) is 12.2. The molecule has 0 spiro atoms. The molecule has 0 saturated heterocycles. The molecular weight excluding hydrogens is 250 g/mol. The Morgan fingerprint density at radius 2 is 1.90 bits per heavy atom. The predicted molar refractivity (Wildman–Crippen MR) is 80.7 cm³/mol. The summed E-state index contributed by atoms with van der Waals surface area (Å²) in [5.41, 5.74) is 1.36. The van der Waals surface area contributed by atoms with Gasteiger partial charge in [-0.05, 0) is 57.1 Å². The molecule has 1 aliphatic carbocycles. The summed E-state index contributed by atoms with van der Waals surface area (Å²) >= 11 is 0. The van der Waals surface area contributed by atoms with Crippen LogP contribution in [0.2, 0.25) is 0 Å². The fourth-order valence-corrected chi connectivity index (χ4v) is 3.02. The number of benzene rings is 1. The van der Waals surface area contributed by atoms with Crippen molar-refractivity contribution in [2.75, 3.05) is 6.54 Å². The average molecular weight is 275 g/mol. The number of carboxylic acid groups (broad SMARTS) is 1. The molecule has 0 heterocycles. The second-order valence-electron chi connectivity index (χ2n) is 6.05. The molecule has 1 fully saturated rings. The van der Waals surface area contributed by atoms with E-state index in [4.69, 9.17) is 5.11 Å². The van der Waals surface area contributed by atoms with Crippen LogP contribution in [0.4, 0.5) is 0 Å². The Bertz CT molecular complexity index is 410. The minimum atomic E-state index is -0.617. The first-order valence-corrected chi connectivity index (χ1v) is 7.65. The molecule has 0 aromatic heterocycles. The molecule has 20 heavy (non-hydrogen) atoms. The van der Waals surface area contributed by atoms with Crippen LogP contribution in [0.5, 0.6) is 0 Å². The summed E-state index contributed by atoms with van der Waals surface area (Å²) in [4.78, 5) is 10.9. The van der Waals surface area contributed by atoms with Crippen molar-refractivity contribution in [2.45, 2.75) is 45.1 Å². The molecule has 2 N–H and O–H groups in total. The molecule has 0 aliphatic heterocycles. The second kappa shape index (κ2) is 7.44. The van der Waals surface area contributed by atoms with E-state index in [2.05, 4.69) is 36.5 Å². The van der Waals surface area contributed by atoms with E-state index in [0.29, 0.717) is 12.0 Å². The van der Waals surface area contributed by atoms with E-state index in [1.165, 1.54) is 5.56 Å². The molecule has 0 radical (unpaired) electrons. The third kappa shape index (κ3) is 4.64. The third-order valence-corrected chi connectivity index (χ3v) is 4.34. The molecule has 3 nitrogen and oxygen atoms in total. The monoisotopic (exact) mass is 275 g/mol. The second-order valence-corrected chi connectivity index (χ2v) is 6.05. The number of carbonyl (C=O) groups is 1. The predicted octanol–water partition coefficient (Wildman–Crippen LogP) is 3.10. The number of rotatable bonds is 6. The lowest BCUT2D eigenvalue weighted by molar-refractivity contribution is -0.143. The van der Waals surface area contributed by atoms with Crippen LogP contribution in [-0.4, -0.2) is 23.7 Å².